The number of ether oxygens (including phenoxy) is 2. The molecule has 1 amide bonds. The Kier molecular flexibility index (Phi) is 10.9. The number of halogens is 1. The summed E-state index contributed by atoms with van der Waals surface area (Å²) in [6.45, 7) is 11.0. The molecule has 1 aromatic heterocycles. The van der Waals surface area contributed by atoms with Crippen molar-refractivity contribution in [2.45, 2.75) is 65.1 Å². The summed E-state index contributed by atoms with van der Waals surface area (Å²) < 4.78 is 15.0. The van der Waals surface area contributed by atoms with Gasteiger partial charge in [0.1, 0.15) is 6.04 Å². The van der Waals surface area contributed by atoms with Gasteiger partial charge in [-0.05, 0) is 90.5 Å². The Morgan fingerprint density at radius 2 is 1.87 bits per heavy atom. The summed E-state index contributed by atoms with van der Waals surface area (Å²) in [4.78, 5) is 18.9. The molecule has 2 heterocycles. The predicted molar refractivity (Wildman–Crippen MR) is 186 cm³/mol. The van der Waals surface area contributed by atoms with Crippen molar-refractivity contribution in [1.29, 1.82) is 0 Å². The molecule has 0 spiro atoms. The van der Waals surface area contributed by atoms with Gasteiger partial charge in [0.2, 0.25) is 11.1 Å². The topological polar surface area (TPSA) is 90.3 Å². The van der Waals surface area contributed by atoms with Gasteiger partial charge in [0, 0.05) is 23.6 Å². The molecule has 8 nitrogen and oxygen atoms in total. The highest BCUT2D eigenvalue weighted by atomic mass is 79.9. The number of hydrogen-bond donors (Lipinski definition) is 2. The van der Waals surface area contributed by atoms with Gasteiger partial charge >= 0.3 is 0 Å². The number of rotatable bonds is 13. The van der Waals surface area contributed by atoms with Crippen molar-refractivity contribution in [2.24, 2.45) is 0 Å². The minimum atomic E-state index is -0.562. The first-order valence-electron chi connectivity index (χ1n) is 15.4. The average Bonchev–Trinajstić information content (AvgIpc) is 3.42. The zero-order valence-electron chi connectivity index (χ0n) is 26.4. The van der Waals surface area contributed by atoms with Gasteiger partial charge in [-0.25, -0.2) is 4.68 Å². The van der Waals surface area contributed by atoms with E-state index in [1.54, 1.807) is 11.8 Å². The molecule has 0 fully saturated rings. The highest BCUT2D eigenvalue weighted by molar-refractivity contribution is 9.10. The zero-order valence-corrected chi connectivity index (χ0v) is 28.8. The Hall–Kier alpha value is -3.76. The molecule has 0 bridgehead atoms. The number of hydrogen-bond acceptors (Lipinski definition) is 7. The molecule has 1 aliphatic heterocycles. The molecule has 1 unspecified atom stereocenters. The molecule has 0 radical (unpaired) electrons. The van der Waals surface area contributed by atoms with E-state index in [9.17, 15) is 4.79 Å². The fraction of sp³-hybridized carbons (Fsp3) is 0.343. The van der Waals surface area contributed by atoms with Gasteiger partial charge in [-0.2, -0.15) is 4.98 Å². The Morgan fingerprint density at radius 3 is 2.62 bits per heavy atom. The minimum absolute atomic E-state index is 0.211. The van der Waals surface area contributed by atoms with Crippen LogP contribution >= 0.6 is 27.7 Å². The Morgan fingerprint density at radius 1 is 1.07 bits per heavy atom. The molecule has 3 aromatic carbocycles. The number of unbranched alkanes of at least 4 members (excludes halogenated alkanes) is 1. The summed E-state index contributed by atoms with van der Waals surface area (Å²) >= 11 is 5.39. The Labute approximate surface area is 278 Å². The van der Waals surface area contributed by atoms with Crippen molar-refractivity contribution in [2.75, 3.05) is 29.6 Å². The Bertz CT molecular complexity index is 1690. The number of aryl methyl sites for hydroxylation is 1. The number of nitrogens with zero attached hydrogens (tertiary/aromatic N) is 3. The number of allylic oxidation sites excluding steroid dienone is 1. The normalized spacial score (nSPS) is 14.1. The lowest BCUT2D eigenvalue weighted by molar-refractivity contribution is -0.113. The van der Waals surface area contributed by atoms with Crippen LogP contribution in [0.3, 0.4) is 0 Å². The molecule has 0 aliphatic carbocycles. The summed E-state index contributed by atoms with van der Waals surface area (Å²) in [6.07, 6.45) is 2.93. The first-order valence-corrected chi connectivity index (χ1v) is 17.2. The first-order chi connectivity index (χ1) is 21.8. The van der Waals surface area contributed by atoms with Crippen LogP contribution in [0.15, 0.2) is 81.6 Å². The van der Waals surface area contributed by atoms with E-state index in [1.165, 1.54) is 5.56 Å². The van der Waals surface area contributed by atoms with Gasteiger partial charge in [-0.15, -0.1) is 5.10 Å². The Balaban J connectivity index is 1.53. The SMILES string of the molecule is CCCCSc1nc2n(n1)C(c1cc(Br)c(OCCc3ccccc3)c(OCC)c1)C(C(=O)Nc1cccc(C)c1C)=C(C)N2. The van der Waals surface area contributed by atoms with Crippen molar-refractivity contribution in [3.05, 3.63) is 98.7 Å². The summed E-state index contributed by atoms with van der Waals surface area (Å²) in [6, 6.07) is 19.5. The lowest BCUT2D eigenvalue weighted by Gasteiger charge is -2.29. The van der Waals surface area contributed by atoms with Crippen molar-refractivity contribution in [3.8, 4) is 11.5 Å². The lowest BCUT2D eigenvalue weighted by Crippen LogP contribution is -2.31. The summed E-state index contributed by atoms with van der Waals surface area (Å²) in [5, 5.41) is 12.1. The number of carbonyl (C=O) groups excluding carboxylic acids is 1. The van der Waals surface area contributed by atoms with E-state index in [1.807, 2.05) is 80.9 Å². The molecule has 236 valence electrons. The average molecular weight is 691 g/mol. The number of anilines is 2. The number of benzene rings is 3. The van der Waals surface area contributed by atoms with Crippen LogP contribution in [0.25, 0.3) is 0 Å². The maximum Gasteiger partial charge on any atom is 0.255 e. The van der Waals surface area contributed by atoms with Crippen LogP contribution in [0.4, 0.5) is 11.6 Å². The third kappa shape index (κ3) is 7.56. The summed E-state index contributed by atoms with van der Waals surface area (Å²) in [5.41, 5.74) is 6.19. The molecule has 45 heavy (non-hydrogen) atoms. The highest BCUT2D eigenvalue weighted by Gasteiger charge is 2.35. The largest absolute Gasteiger partial charge is 0.490 e. The molecule has 1 aliphatic rings. The molecule has 1 atom stereocenters. The van der Waals surface area contributed by atoms with Crippen molar-refractivity contribution >= 4 is 45.2 Å². The van der Waals surface area contributed by atoms with E-state index in [4.69, 9.17) is 19.6 Å². The van der Waals surface area contributed by atoms with Crippen LogP contribution in [-0.4, -0.2) is 39.6 Å². The van der Waals surface area contributed by atoms with Crippen LogP contribution < -0.4 is 20.1 Å². The van der Waals surface area contributed by atoms with E-state index in [2.05, 4.69) is 45.6 Å². The molecular formula is C35H40BrN5O3S. The van der Waals surface area contributed by atoms with Gasteiger partial charge in [-0.1, -0.05) is 67.6 Å². The number of aromatic nitrogens is 3. The number of thioether (sulfide) groups is 1. The molecular weight excluding hydrogens is 650 g/mol. The second-order valence-electron chi connectivity index (χ2n) is 11.0. The minimum Gasteiger partial charge on any atom is -0.490 e. The molecule has 10 heteroatoms. The summed E-state index contributed by atoms with van der Waals surface area (Å²) in [5.74, 6) is 2.53. The van der Waals surface area contributed by atoms with Gasteiger partial charge in [0.15, 0.2) is 11.5 Å². The second-order valence-corrected chi connectivity index (χ2v) is 12.9. The lowest BCUT2D eigenvalue weighted by atomic mass is 9.94. The molecule has 5 rings (SSSR count). The monoisotopic (exact) mass is 689 g/mol. The molecule has 0 saturated carbocycles. The third-order valence-corrected chi connectivity index (χ3v) is 9.30. The number of fused-ring (bicyclic) bond motifs is 1. The quantitative estimate of drug-likeness (QED) is 0.107. The second kappa shape index (κ2) is 15.0. The number of carbonyl (C=O) groups is 1. The standard InChI is InChI=1S/C35H40BrN5O3S/c1-6-8-19-45-35-39-34-37-24(5)30(33(42)38-28-16-12-13-22(3)23(28)4)31(41(34)40-35)26-20-27(36)32(29(21-26)43-7-2)44-18-17-25-14-10-9-11-15-25/h9-16,20-21,31H,6-8,17-19H2,1-5H3,(H,38,42)(H,37,39,40). The molecule has 2 N–H and O–H groups in total. The zero-order chi connectivity index (χ0) is 31.9. The van der Waals surface area contributed by atoms with Crippen LogP contribution in [0.5, 0.6) is 11.5 Å². The fourth-order valence-electron chi connectivity index (χ4n) is 5.24. The summed E-state index contributed by atoms with van der Waals surface area (Å²) in [7, 11) is 0. The highest BCUT2D eigenvalue weighted by Crippen LogP contribution is 2.43. The van der Waals surface area contributed by atoms with Gasteiger partial charge in [0.25, 0.3) is 5.91 Å². The van der Waals surface area contributed by atoms with Gasteiger partial charge in [0.05, 0.1) is 23.3 Å². The molecule has 0 saturated heterocycles. The predicted octanol–water partition coefficient (Wildman–Crippen LogP) is 8.50. The fourth-order valence-corrected chi connectivity index (χ4v) is 6.73. The van der Waals surface area contributed by atoms with Crippen LogP contribution in [0.2, 0.25) is 0 Å². The van der Waals surface area contributed by atoms with Crippen LogP contribution in [0.1, 0.15) is 61.9 Å². The first kappa shape index (κ1) is 32.6. The smallest absolute Gasteiger partial charge is 0.255 e. The number of amides is 1. The van der Waals surface area contributed by atoms with Gasteiger partial charge < -0.3 is 20.1 Å². The maximum absolute atomic E-state index is 14.1. The molecule has 4 aromatic rings. The van der Waals surface area contributed by atoms with Crippen molar-refractivity contribution < 1.29 is 14.3 Å². The van der Waals surface area contributed by atoms with E-state index in [-0.39, 0.29) is 5.91 Å². The third-order valence-electron chi connectivity index (χ3n) is 7.79. The van der Waals surface area contributed by atoms with Gasteiger partial charge in [-0.3, -0.25) is 4.79 Å². The maximum atomic E-state index is 14.1. The van der Waals surface area contributed by atoms with Crippen LogP contribution in [-0.2, 0) is 11.2 Å². The number of nitrogens with one attached hydrogen (secondary N) is 2. The van der Waals surface area contributed by atoms with Crippen molar-refractivity contribution in [1.82, 2.24) is 14.8 Å². The van der Waals surface area contributed by atoms with E-state index < -0.39 is 6.04 Å². The van der Waals surface area contributed by atoms with E-state index in [0.717, 1.165) is 51.9 Å². The van der Waals surface area contributed by atoms with E-state index in [0.29, 0.717) is 47.1 Å². The van der Waals surface area contributed by atoms with E-state index >= 15 is 0 Å². The van der Waals surface area contributed by atoms with Crippen LogP contribution in [0, 0.1) is 13.8 Å². The van der Waals surface area contributed by atoms with Crippen molar-refractivity contribution in [3.63, 3.8) is 0 Å².